The van der Waals surface area contributed by atoms with Gasteiger partial charge in [-0.1, -0.05) is 70.5 Å². The van der Waals surface area contributed by atoms with Crippen LogP contribution >= 0.6 is 19.4 Å². The molecule has 3 saturated heterocycles. The first kappa shape index (κ1) is 37.6. The van der Waals surface area contributed by atoms with Crippen LogP contribution in [0.25, 0.3) is 0 Å². The number of benzene rings is 2. The summed E-state index contributed by atoms with van der Waals surface area (Å²) in [4.78, 5) is 54.2. The molecule has 6 unspecified atom stereocenters. The highest BCUT2D eigenvalue weighted by molar-refractivity contribution is 8.00. The zero-order valence-corrected chi connectivity index (χ0v) is 30.9. The van der Waals surface area contributed by atoms with Gasteiger partial charge in [-0.05, 0) is 61.8 Å². The summed E-state index contributed by atoms with van der Waals surface area (Å²) in [5.74, 6) is -0.980. The molecule has 50 heavy (non-hydrogen) atoms. The largest absolute Gasteiger partial charge is 0.453 e. The molecule has 0 saturated carbocycles. The Bertz CT molecular complexity index is 1490. The summed E-state index contributed by atoms with van der Waals surface area (Å²) in [6.07, 6.45) is 3.73. The van der Waals surface area contributed by atoms with Crippen molar-refractivity contribution in [2.45, 2.75) is 101 Å². The monoisotopic (exact) mass is 727 g/mol. The third kappa shape index (κ3) is 9.34. The fourth-order valence-corrected chi connectivity index (χ4v) is 10.4. The Kier molecular flexibility index (Phi) is 12.8. The summed E-state index contributed by atoms with van der Waals surface area (Å²) in [5.41, 5.74) is 0. The molecular weight excluding hydrogens is 677 g/mol. The Morgan fingerprint density at radius 2 is 1.56 bits per heavy atom. The number of rotatable bonds is 16. The number of hydrogen-bond donors (Lipinski definition) is 4. The molecule has 14 heteroatoms. The van der Waals surface area contributed by atoms with E-state index in [0.29, 0.717) is 42.6 Å². The van der Waals surface area contributed by atoms with E-state index in [1.54, 1.807) is 48.5 Å². The molecule has 2 aromatic carbocycles. The topological polar surface area (TPSA) is 155 Å². The third-order valence-electron chi connectivity index (χ3n) is 9.38. The Hall–Kier alpha value is -3.70. The molecule has 4 N–H and O–H groups in total. The summed E-state index contributed by atoms with van der Waals surface area (Å²) in [6.45, 7) is 7.77. The van der Waals surface area contributed by atoms with E-state index in [4.69, 9.17) is 9.05 Å². The molecule has 0 radical (unpaired) electrons. The fourth-order valence-electron chi connectivity index (χ4n) is 6.76. The number of unbranched alkanes of at least 4 members (excludes halogenated alkanes) is 1. The van der Waals surface area contributed by atoms with Crippen molar-refractivity contribution in [2.24, 2.45) is 11.8 Å². The van der Waals surface area contributed by atoms with Crippen LogP contribution in [-0.2, 0) is 18.9 Å². The van der Waals surface area contributed by atoms with Crippen LogP contribution in [-0.4, -0.2) is 76.2 Å². The van der Waals surface area contributed by atoms with E-state index >= 15 is 0 Å². The molecular formula is C36H50N5O7PS. The van der Waals surface area contributed by atoms with E-state index in [0.717, 1.165) is 18.6 Å². The first-order valence-corrected chi connectivity index (χ1v) is 20.3. The first-order valence-electron chi connectivity index (χ1n) is 17.6. The number of urea groups is 1. The van der Waals surface area contributed by atoms with E-state index in [1.165, 1.54) is 4.90 Å². The van der Waals surface area contributed by atoms with Crippen molar-refractivity contribution >= 4 is 43.1 Å². The molecule has 3 heterocycles. The van der Waals surface area contributed by atoms with E-state index in [9.17, 15) is 23.7 Å². The number of nitrogens with one attached hydrogen (secondary N) is 4. The van der Waals surface area contributed by atoms with Gasteiger partial charge in [0.25, 0.3) is 0 Å². The minimum absolute atomic E-state index is 0.110. The highest BCUT2D eigenvalue weighted by Gasteiger charge is 2.46. The summed E-state index contributed by atoms with van der Waals surface area (Å²) >= 11 is 1.85. The van der Waals surface area contributed by atoms with Crippen LogP contribution in [0.5, 0.6) is 11.5 Å². The highest BCUT2D eigenvalue weighted by Crippen LogP contribution is 2.54. The molecule has 6 atom stereocenters. The van der Waals surface area contributed by atoms with Gasteiger partial charge in [0.15, 0.2) is 5.78 Å². The van der Waals surface area contributed by atoms with Gasteiger partial charge >= 0.3 is 13.6 Å². The smallest absolute Gasteiger partial charge is 0.415 e. The van der Waals surface area contributed by atoms with E-state index in [1.807, 2.05) is 51.6 Å². The van der Waals surface area contributed by atoms with E-state index in [2.05, 4.69) is 21.3 Å². The maximum Gasteiger partial charge on any atom is 0.453 e. The second kappa shape index (κ2) is 17.0. The average Bonchev–Trinajstić information content (AvgIpc) is 3.81. The van der Waals surface area contributed by atoms with Crippen LogP contribution in [0.1, 0.15) is 66.2 Å². The molecule has 0 aliphatic carbocycles. The van der Waals surface area contributed by atoms with Crippen LogP contribution in [0.15, 0.2) is 60.7 Å². The summed E-state index contributed by atoms with van der Waals surface area (Å²) in [5, 5.41) is 12.2. The fraction of sp³-hybridized carbons (Fsp3) is 0.556. The van der Waals surface area contributed by atoms with Crippen molar-refractivity contribution in [2.75, 3.05) is 12.3 Å². The molecule has 12 nitrogen and oxygen atoms in total. The van der Waals surface area contributed by atoms with Gasteiger partial charge in [0.05, 0.1) is 12.1 Å². The normalized spacial score (nSPS) is 22.8. The number of amides is 5. The van der Waals surface area contributed by atoms with Crippen molar-refractivity contribution in [3.8, 4) is 11.5 Å². The maximum absolute atomic E-state index is 14.6. The molecule has 0 bridgehead atoms. The SMILES string of the molecule is CC(C)C(NC(=O)CCCCC1SCC2NC(=O)NC21)C(=O)N1CCCC1C(=O)NC(C(C)C)P(=O)(Oc1ccccc1)Oc1ccccc1. The van der Waals surface area contributed by atoms with Crippen LogP contribution in [0.3, 0.4) is 0 Å². The van der Waals surface area contributed by atoms with Gasteiger partial charge in [-0.15, -0.1) is 0 Å². The minimum atomic E-state index is -4.06. The van der Waals surface area contributed by atoms with Gasteiger partial charge in [0, 0.05) is 24.0 Å². The van der Waals surface area contributed by atoms with Gasteiger partial charge in [-0.2, -0.15) is 11.8 Å². The number of carbonyl (C=O) groups is 4. The molecule has 2 aromatic rings. The highest BCUT2D eigenvalue weighted by atomic mass is 32.2. The van der Waals surface area contributed by atoms with Crippen molar-refractivity contribution in [3.05, 3.63) is 60.7 Å². The lowest BCUT2D eigenvalue weighted by Crippen LogP contribution is -2.56. The zero-order valence-electron chi connectivity index (χ0n) is 29.2. The second-order valence-corrected chi connectivity index (χ2v) is 17.2. The number of nitrogens with zero attached hydrogens (tertiary/aromatic N) is 1. The summed E-state index contributed by atoms with van der Waals surface area (Å²) in [7, 11) is -4.06. The predicted molar refractivity (Wildman–Crippen MR) is 194 cm³/mol. The number of likely N-dealkylation sites (tertiary alicyclic amines) is 1. The third-order valence-corrected chi connectivity index (χ3v) is 13.2. The van der Waals surface area contributed by atoms with Crippen LogP contribution in [0.2, 0.25) is 0 Å². The van der Waals surface area contributed by atoms with Gasteiger partial charge in [-0.3, -0.25) is 14.4 Å². The second-order valence-electron chi connectivity index (χ2n) is 13.9. The number of carbonyl (C=O) groups excluding carboxylic acids is 4. The number of para-hydroxylation sites is 2. The Balaban J connectivity index is 1.20. The Morgan fingerprint density at radius 1 is 0.920 bits per heavy atom. The number of fused-ring (bicyclic) bond motifs is 1. The molecule has 3 aliphatic heterocycles. The van der Waals surface area contributed by atoms with Crippen molar-refractivity contribution < 1.29 is 32.8 Å². The van der Waals surface area contributed by atoms with Gasteiger partial charge < -0.3 is 35.2 Å². The zero-order chi connectivity index (χ0) is 35.8. The van der Waals surface area contributed by atoms with Gasteiger partial charge in [0.2, 0.25) is 17.7 Å². The van der Waals surface area contributed by atoms with Crippen molar-refractivity contribution in [1.29, 1.82) is 0 Å². The molecule has 3 aliphatic rings. The molecule has 0 aromatic heterocycles. The number of thioether (sulfide) groups is 1. The average molecular weight is 728 g/mol. The molecule has 272 valence electrons. The van der Waals surface area contributed by atoms with E-state index < -0.39 is 31.4 Å². The molecule has 3 fully saturated rings. The summed E-state index contributed by atoms with van der Waals surface area (Å²) in [6, 6.07) is 16.0. The van der Waals surface area contributed by atoms with Crippen molar-refractivity contribution in [3.63, 3.8) is 0 Å². The lowest BCUT2D eigenvalue weighted by molar-refractivity contribution is -0.142. The van der Waals surface area contributed by atoms with Crippen molar-refractivity contribution in [1.82, 2.24) is 26.2 Å². The Morgan fingerprint density at radius 3 is 2.16 bits per heavy atom. The summed E-state index contributed by atoms with van der Waals surface area (Å²) < 4.78 is 26.7. The standard InChI is InChI=1S/C36H50N5O7PS/c1-23(2)31(38-30(42)20-12-11-19-29-32-27(22-50-29)37-36(45)39-32)35(44)41-21-13-18-28(41)33(43)40-34(24(3)4)49(46,47-25-14-7-5-8-15-25)48-26-16-9-6-10-17-26/h5-10,14-17,23-24,27-29,31-32,34H,11-13,18-22H2,1-4H3,(H,38,42)(H,40,43)(H2,37,39,45). The quantitative estimate of drug-likeness (QED) is 0.103. The molecule has 5 amide bonds. The first-order chi connectivity index (χ1) is 23.9. The minimum Gasteiger partial charge on any atom is -0.415 e. The van der Waals surface area contributed by atoms with Gasteiger partial charge in [0.1, 0.15) is 23.6 Å². The molecule has 5 rings (SSSR count). The Labute approximate surface area is 299 Å². The molecule has 0 spiro atoms. The lowest BCUT2D eigenvalue weighted by atomic mass is 10.0. The lowest BCUT2D eigenvalue weighted by Gasteiger charge is -2.34. The van der Waals surface area contributed by atoms with Crippen LogP contribution in [0.4, 0.5) is 4.79 Å². The predicted octanol–water partition coefficient (Wildman–Crippen LogP) is 5.29. The maximum atomic E-state index is 14.6. The van der Waals surface area contributed by atoms with Gasteiger partial charge in [-0.25, -0.2) is 9.36 Å². The van der Waals surface area contributed by atoms with E-state index in [-0.39, 0.29) is 48.2 Å². The number of hydrogen-bond acceptors (Lipinski definition) is 8. The van der Waals surface area contributed by atoms with Crippen LogP contribution in [0, 0.1) is 11.8 Å². The van der Waals surface area contributed by atoms with Crippen LogP contribution < -0.4 is 30.3 Å².